The van der Waals surface area contributed by atoms with Crippen LogP contribution in [-0.2, 0) is 6.18 Å². The van der Waals surface area contributed by atoms with E-state index in [-0.39, 0.29) is 5.56 Å². The summed E-state index contributed by atoms with van der Waals surface area (Å²) in [6.45, 7) is 0. The molecule has 0 aliphatic rings. The van der Waals surface area contributed by atoms with E-state index in [1.165, 1.54) is 7.11 Å². The molecule has 0 atom stereocenters. The standard InChI is InChI=1S/C16H11ClF3NO/c1-22-11-6-7-12-13(8-11)21-15(16(18,19)20)14(12)9-2-4-10(17)5-3-9/h2-8,21H,1H3. The van der Waals surface area contributed by atoms with Crippen molar-refractivity contribution in [3.63, 3.8) is 0 Å². The van der Waals surface area contributed by atoms with Gasteiger partial charge in [0.2, 0.25) is 0 Å². The van der Waals surface area contributed by atoms with E-state index in [4.69, 9.17) is 16.3 Å². The summed E-state index contributed by atoms with van der Waals surface area (Å²) in [5, 5.41) is 0.953. The van der Waals surface area contributed by atoms with Gasteiger partial charge in [0, 0.05) is 22.0 Å². The average Bonchev–Trinajstić information content (AvgIpc) is 2.86. The van der Waals surface area contributed by atoms with Crippen LogP contribution >= 0.6 is 11.6 Å². The molecule has 1 aromatic heterocycles. The van der Waals surface area contributed by atoms with Gasteiger partial charge in [-0.15, -0.1) is 0 Å². The van der Waals surface area contributed by atoms with E-state index < -0.39 is 11.9 Å². The van der Waals surface area contributed by atoms with Crippen molar-refractivity contribution < 1.29 is 17.9 Å². The fraction of sp³-hybridized carbons (Fsp3) is 0.125. The van der Waals surface area contributed by atoms with Crippen molar-refractivity contribution in [3.05, 3.63) is 53.2 Å². The third-order valence-corrected chi connectivity index (χ3v) is 3.67. The Morgan fingerprint density at radius 3 is 2.32 bits per heavy atom. The maximum atomic E-state index is 13.3. The molecule has 0 aliphatic carbocycles. The minimum Gasteiger partial charge on any atom is -0.497 e. The van der Waals surface area contributed by atoms with Crippen LogP contribution in [0.25, 0.3) is 22.0 Å². The van der Waals surface area contributed by atoms with Crippen LogP contribution in [-0.4, -0.2) is 12.1 Å². The molecule has 0 spiro atoms. The van der Waals surface area contributed by atoms with Crippen LogP contribution in [0.15, 0.2) is 42.5 Å². The lowest BCUT2D eigenvalue weighted by molar-refractivity contribution is -0.140. The van der Waals surface area contributed by atoms with Gasteiger partial charge in [0.05, 0.1) is 12.6 Å². The van der Waals surface area contributed by atoms with Gasteiger partial charge in [-0.3, -0.25) is 0 Å². The molecule has 114 valence electrons. The molecule has 0 fully saturated rings. The molecule has 0 saturated heterocycles. The largest absolute Gasteiger partial charge is 0.497 e. The molecule has 0 amide bonds. The van der Waals surface area contributed by atoms with Gasteiger partial charge in [0.25, 0.3) is 0 Å². The highest BCUT2D eigenvalue weighted by molar-refractivity contribution is 6.30. The predicted molar refractivity (Wildman–Crippen MR) is 80.3 cm³/mol. The van der Waals surface area contributed by atoms with Gasteiger partial charge >= 0.3 is 6.18 Å². The number of fused-ring (bicyclic) bond motifs is 1. The number of H-pyrrole nitrogens is 1. The maximum Gasteiger partial charge on any atom is 0.431 e. The molecule has 0 saturated carbocycles. The molecule has 2 nitrogen and oxygen atoms in total. The van der Waals surface area contributed by atoms with Crippen LogP contribution in [0, 0.1) is 0 Å². The number of nitrogens with one attached hydrogen (secondary N) is 1. The lowest BCUT2D eigenvalue weighted by atomic mass is 10.0. The van der Waals surface area contributed by atoms with Gasteiger partial charge in [-0.2, -0.15) is 13.2 Å². The first-order valence-corrected chi connectivity index (χ1v) is 6.81. The van der Waals surface area contributed by atoms with Crippen LogP contribution in [0.2, 0.25) is 5.02 Å². The molecule has 1 N–H and O–H groups in total. The van der Waals surface area contributed by atoms with Gasteiger partial charge in [0.1, 0.15) is 11.4 Å². The lowest BCUT2D eigenvalue weighted by Gasteiger charge is -2.08. The molecule has 22 heavy (non-hydrogen) atoms. The Balaban J connectivity index is 2.32. The number of hydrogen-bond acceptors (Lipinski definition) is 1. The third kappa shape index (κ3) is 2.52. The molecule has 0 bridgehead atoms. The molecule has 1 heterocycles. The van der Waals surface area contributed by atoms with E-state index in [0.717, 1.165) is 0 Å². The molecule has 2 aromatic carbocycles. The summed E-state index contributed by atoms with van der Waals surface area (Å²) in [6.07, 6.45) is -4.48. The van der Waals surface area contributed by atoms with Gasteiger partial charge in [0.15, 0.2) is 0 Å². The minimum absolute atomic E-state index is 0.113. The second-order valence-electron chi connectivity index (χ2n) is 4.79. The molecule has 3 rings (SSSR count). The summed E-state index contributed by atoms with van der Waals surface area (Å²) < 4.78 is 45.1. The first-order valence-electron chi connectivity index (χ1n) is 6.43. The van der Waals surface area contributed by atoms with E-state index >= 15 is 0 Å². The zero-order chi connectivity index (χ0) is 15.9. The van der Waals surface area contributed by atoms with Gasteiger partial charge < -0.3 is 9.72 Å². The molecule has 0 radical (unpaired) electrons. The van der Waals surface area contributed by atoms with Crippen LogP contribution < -0.4 is 4.74 Å². The van der Waals surface area contributed by atoms with Crippen LogP contribution in [0.5, 0.6) is 5.75 Å². The Morgan fingerprint density at radius 2 is 1.73 bits per heavy atom. The van der Waals surface area contributed by atoms with E-state index in [1.54, 1.807) is 42.5 Å². The Morgan fingerprint density at radius 1 is 1.05 bits per heavy atom. The first-order chi connectivity index (χ1) is 10.4. The van der Waals surface area contributed by atoms with Crippen LogP contribution in [0.3, 0.4) is 0 Å². The highest BCUT2D eigenvalue weighted by atomic mass is 35.5. The van der Waals surface area contributed by atoms with Gasteiger partial charge in [-0.1, -0.05) is 23.7 Å². The summed E-state index contributed by atoms with van der Waals surface area (Å²) in [5.41, 5.74) is 0.157. The number of ether oxygens (including phenoxy) is 1. The maximum absolute atomic E-state index is 13.3. The van der Waals surface area contributed by atoms with Crippen LogP contribution in [0.1, 0.15) is 5.69 Å². The topological polar surface area (TPSA) is 25.0 Å². The van der Waals surface area contributed by atoms with Crippen molar-refractivity contribution in [2.24, 2.45) is 0 Å². The van der Waals surface area contributed by atoms with Crippen molar-refractivity contribution >= 4 is 22.5 Å². The quantitative estimate of drug-likeness (QED) is 0.659. The van der Waals surface area contributed by atoms with E-state index in [0.29, 0.717) is 27.2 Å². The zero-order valence-corrected chi connectivity index (χ0v) is 12.2. The van der Waals surface area contributed by atoms with Crippen molar-refractivity contribution in [1.82, 2.24) is 4.98 Å². The van der Waals surface area contributed by atoms with Crippen molar-refractivity contribution in [3.8, 4) is 16.9 Å². The summed E-state index contributed by atoms with van der Waals surface area (Å²) >= 11 is 5.81. The predicted octanol–water partition coefficient (Wildman–Crippen LogP) is 5.52. The van der Waals surface area contributed by atoms with Crippen molar-refractivity contribution in [2.45, 2.75) is 6.18 Å². The average molecular weight is 326 g/mol. The number of halogens is 4. The fourth-order valence-electron chi connectivity index (χ4n) is 2.43. The zero-order valence-electron chi connectivity index (χ0n) is 11.5. The summed E-state index contributed by atoms with van der Waals surface area (Å²) in [7, 11) is 1.47. The van der Waals surface area contributed by atoms with E-state index in [2.05, 4.69) is 4.98 Å². The molecule has 6 heteroatoms. The number of methoxy groups -OCH3 is 1. The SMILES string of the molecule is COc1ccc2c(-c3ccc(Cl)cc3)c(C(F)(F)F)[nH]c2c1. The van der Waals surface area contributed by atoms with Crippen molar-refractivity contribution in [1.29, 1.82) is 0 Å². The Kier molecular flexibility index (Phi) is 3.53. The number of aromatic nitrogens is 1. The fourth-order valence-corrected chi connectivity index (χ4v) is 2.56. The number of hydrogen-bond donors (Lipinski definition) is 1. The Bertz CT molecular complexity index is 822. The normalized spacial score (nSPS) is 11.9. The lowest BCUT2D eigenvalue weighted by Crippen LogP contribution is -2.07. The summed E-state index contributed by atoms with van der Waals surface area (Å²) in [4.78, 5) is 2.45. The Labute approximate surface area is 129 Å². The summed E-state index contributed by atoms with van der Waals surface area (Å²) in [5.74, 6) is 0.491. The highest BCUT2D eigenvalue weighted by Crippen LogP contribution is 2.42. The molecule has 3 aromatic rings. The van der Waals surface area contributed by atoms with Crippen molar-refractivity contribution in [2.75, 3.05) is 7.11 Å². The molecular weight excluding hydrogens is 315 g/mol. The third-order valence-electron chi connectivity index (χ3n) is 3.42. The minimum atomic E-state index is -4.48. The smallest absolute Gasteiger partial charge is 0.431 e. The number of alkyl halides is 3. The summed E-state index contributed by atoms with van der Waals surface area (Å²) in [6, 6.07) is 11.1. The van der Waals surface area contributed by atoms with Gasteiger partial charge in [-0.25, -0.2) is 0 Å². The first kappa shape index (κ1) is 14.8. The second kappa shape index (κ2) is 5.25. The number of aromatic amines is 1. The second-order valence-corrected chi connectivity index (χ2v) is 5.23. The monoisotopic (exact) mass is 325 g/mol. The molecule has 0 aliphatic heterocycles. The van der Waals surface area contributed by atoms with Gasteiger partial charge in [-0.05, 0) is 29.8 Å². The number of rotatable bonds is 2. The van der Waals surface area contributed by atoms with Crippen LogP contribution in [0.4, 0.5) is 13.2 Å². The van der Waals surface area contributed by atoms with E-state index in [1.807, 2.05) is 0 Å². The number of benzene rings is 2. The Hall–Kier alpha value is -2.14. The molecular formula is C16H11ClF3NO. The highest BCUT2D eigenvalue weighted by Gasteiger charge is 2.36. The van der Waals surface area contributed by atoms with E-state index in [9.17, 15) is 13.2 Å². The molecule has 0 unspecified atom stereocenters.